The Kier molecular flexibility index (Phi) is 6.80. The van der Waals surface area contributed by atoms with Crippen LogP contribution in [-0.4, -0.2) is 19.5 Å². The van der Waals surface area contributed by atoms with Crippen LogP contribution in [0, 0.1) is 13.8 Å². The molecule has 246 valence electrons. The van der Waals surface area contributed by atoms with Crippen LogP contribution in [0.15, 0.2) is 170 Å². The zero-order valence-corrected chi connectivity index (χ0v) is 29.0. The normalized spacial score (nSPS) is 13.0. The maximum atomic E-state index is 5.23. The lowest BCUT2D eigenvalue weighted by atomic mass is 9.67. The SMILES string of the molecule is Cc1ccc(-c2nc(-c3ccc(C)cc3)nc(-n3c4ccccc4c4ccc(C5(c6ccccc6)c6ccccc6-c6ccccc65)cc43)n2)cc1. The second kappa shape index (κ2) is 11.7. The van der Waals surface area contributed by atoms with E-state index >= 15 is 0 Å². The maximum Gasteiger partial charge on any atom is 0.238 e. The van der Waals surface area contributed by atoms with Crippen molar-refractivity contribution in [3.05, 3.63) is 203 Å². The third kappa shape index (κ3) is 4.51. The summed E-state index contributed by atoms with van der Waals surface area (Å²) in [4.78, 5) is 15.5. The van der Waals surface area contributed by atoms with Crippen LogP contribution in [0.25, 0.3) is 61.7 Å². The molecule has 0 bridgehead atoms. The lowest BCUT2D eigenvalue weighted by Crippen LogP contribution is -2.28. The Bertz CT molecular complexity index is 2690. The minimum absolute atomic E-state index is 0.525. The van der Waals surface area contributed by atoms with Crippen molar-refractivity contribution in [2.75, 3.05) is 0 Å². The van der Waals surface area contributed by atoms with E-state index in [1.165, 1.54) is 44.5 Å². The van der Waals surface area contributed by atoms with Crippen molar-refractivity contribution < 1.29 is 0 Å². The highest BCUT2D eigenvalue weighted by Crippen LogP contribution is 2.56. The first-order valence-electron chi connectivity index (χ1n) is 17.8. The molecule has 4 nitrogen and oxygen atoms in total. The first kappa shape index (κ1) is 30.2. The number of hydrogen-bond donors (Lipinski definition) is 0. The van der Waals surface area contributed by atoms with Gasteiger partial charge >= 0.3 is 0 Å². The zero-order valence-electron chi connectivity index (χ0n) is 29.0. The summed E-state index contributed by atoms with van der Waals surface area (Å²) >= 11 is 0. The summed E-state index contributed by atoms with van der Waals surface area (Å²) in [5.74, 6) is 1.87. The second-order valence-electron chi connectivity index (χ2n) is 13.8. The third-order valence-corrected chi connectivity index (χ3v) is 10.7. The summed E-state index contributed by atoms with van der Waals surface area (Å²) in [6, 6.07) is 61.1. The highest BCUT2D eigenvalue weighted by Gasteiger charge is 2.46. The quantitative estimate of drug-likeness (QED) is 0.184. The lowest BCUT2D eigenvalue weighted by molar-refractivity contribution is 0.769. The molecule has 10 rings (SSSR count). The molecule has 1 aliphatic rings. The first-order valence-corrected chi connectivity index (χ1v) is 17.8. The summed E-state index contributed by atoms with van der Waals surface area (Å²) in [7, 11) is 0. The minimum atomic E-state index is -0.525. The first-order chi connectivity index (χ1) is 25.6. The fourth-order valence-electron chi connectivity index (χ4n) is 8.26. The van der Waals surface area contributed by atoms with Gasteiger partial charge in [-0.25, -0.2) is 4.98 Å². The van der Waals surface area contributed by atoms with Crippen LogP contribution in [0.5, 0.6) is 0 Å². The maximum absolute atomic E-state index is 5.23. The molecular weight excluding hydrogens is 633 g/mol. The van der Waals surface area contributed by atoms with Crippen molar-refractivity contribution in [1.29, 1.82) is 0 Å². The molecule has 2 heterocycles. The zero-order chi connectivity index (χ0) is 34.8. The van der Waals surface area contributed by atoms with Gasteiger partial charge in [0.2, 0.25) is 5.95 Å². The number of aryl methyl sites for hydroxylation is 2. The predicted octanol–water partition coefficient (Wildman–Crippen LogP) is 11.3. The molecule has 9 aromatic rings. The van der Waals surface area contributed by atoms with E-state index in [4.69, 9.17) is 15.0 Å². The molecule has 2 aromatic heterocycles. The number of fused-ring (bicyclic) bond motifs is 6. The summed E-state index contributed by atoms with van der Waals surface area (Å²) in [5.41, 5.74) is 13.4. The van der Waals surface area contributed by atoms with Gasteiger partial charge in [-0.05, 0) is 59.4 Å². The number of nitrogens with zero attached hydrogens (tertiary/aromatic N) is 4. The van der Waals surface area contributed by atoms with Crippen LogP contribution in [0.3, 0.4) is 0 Å². The molecule has 7 aromatic carbocycles. The highest BCUT2D eigenvalue weighted by atomic mass is 15.2. The fraction of sp³-hybridized carbons (Fsp3) is 0.0625. The van der Waals surface area contributed by atoms with Crippen LogP contribution in [0.4, 0.5) is 0 Å². The van der Waals surface area contributed by atoms with Crippen LogP contribution in [0.2, 0.25) is 0 Å². The monoisotopic (exact) mass is 666 g/mol. The summed E-state index contributed by atoms with van der Waals surface area (Å²) in [6.45, 7) is 4.19. The highest BCUT2D eigenvalue weighted by molar-refractivity contribution is 6.09. The molecule has 0 amide bonds. The van der Waals surface area contributed by atoms with Crippen molar-refractivity contribution >= 4 is 21.8 Å². The van der Waals surface area contributed by atoms with E-state index in [1.807, 2.05) is 0 Å². The van der Waals surface area contributed by atoms with Gasteiger partial charge < -0.3 is 0 Å². The van der Waals surface area contributed by atoms with E-state index in [9.17, 15) is 0 Å². The van der Waals surface area contributed by atoms with Crippen LogP contribution in [0.1, 0.15) is 33.4 Å². The van der Waals surface area contributed by atoms with Crippen LogP contribution >= 0.6 is 0 Å². The van der Waals surface area contributed by atoms with E-state index < -0.39 is 5.41 Å². The summed E-state index contributed by atoms with van der Waals surface area (Å²) < 4.78 is 2.23. The largest absolute Gasteiger partial charge is 0.278 e. The summed E-state index contributed by atoms with van der Waals surface area (Å²) in [6.07, 6.45) is 0. The van der Waals surface area contributed by atoms with Crippen molar-refractivity contribution in [3.63, 3.8) is 0 Å². The van der Waals surface area contributed by atoms with Crippen molar-refractivity contribution in [3.8, 4) is 39.9 Å². The molecule has 0 spiro atoms. The Morgan fingerprint density at radius 1 is 0.423 bits per heavy atom. The Morgan fingerprint density at radius 2 is 0.942 bits per heavy atom. The number of para-hydroxylation sites is 1. The Balaban J connectivity index is 1.30. The van der Waals surface area contributed by atoms with E-state index in [0.717, 1.165) is 32.9 Å². The number of benzene rings is 7. The molecule has 0 radical (unpaired) electrons. The summed E-state index contributed by atoms with van der Waals surface area (Å²) in [5, 5.41) is 2.30. The van der Waals surface area contributed by atoms with Crippen molar-refractivity contribution in [1.82, 2.24) is 19.5 Å². The van der Waals surface area contributed by atoms with Gasteiger partial charge in [-0.1, -0.05) is 169 Å². The average molecular weight is 667 g/mol. The van der Waals surface area contributed by atoms with Gasteiger partial charge in [0.25, 0.3) is 0 Å². The lowest BCUT2D eigenvalue weighted by Gasteiger charge is -2.34. The molecule has 0 atom stereocenters. The van der Waals surface area contributed by atoms with Gasteiger partial charge in [-0.15, -0.1) is 0 Å². The third-order valence-electron chi connectivity index (χ3n) is 10.7. The van der Waals surface area contributed by atoms with Gasteiger partial charge in [0.05, 0.1) is 16.4 Å². The number of aromatic nitrogens is 4. The van der Waals surface area contributed by atoms with E-state index in [1.54, 1.807) is 0 Å². The number of hydrogen-bond acceptors (Lipinski definition) is 3. The number of rotatable bonds is 5. The molecule has 1 aliphatic carbocycles. The molecular formula is C48H34N4. The van der Waals surface area contributed by atoms with Crippen molar-refractivity contribution in [2.24, 2.45) is 0 Å². The van der Waals surface area contributed by atoms with Crippen molar-refractivity contribution in [2.45, 2.75) is 19.3 Å². The van der Waals surface area contributed by atoms with E-state index in [0.29, 0.717) is 17.6 Å². The minimum Gasteiger partial charge on any atom is -0.278 e. The van der Waals surface area contributed by atoms with Gasteiger partial charge in [0.15, 0.2) is 11.6 Å². The molecule has 0 fully saturated rings. The van der Waals surface area contributed by atoms with Gasteiger partial charge in [0.1, 0.15) is 0 Å². The second-order valence-corrected chi connectivity index (χ2v) is 13.8. The molecule has 0 saturated heterocycles. The van der Waals surface area contributed by atoms with E-state index in [2.05, 4.69) is 188 Å². The molecule has 0 N–H and O–H groups in total. The van der Waals surface area contributed by atoms with Gasteiger partial charge in [0, 0.05) is 21.9 Å². The standard InChI is InChI=1S/C48H34N4/c1-31-20-24-33(25-21-31)45-49-46(34-26-22-32(2)23-27-34)51-47(50-45)52-43-19-11-8-16-39(43)40-29-28-36(30-44(40)52)48(35-12-4-3-5-13-35)41-17-9-6-14-37(41)38-15-7-10-18-42(38)48/h3-30H,1-2H3. The smallest absolute Gasteiger partial charge is 0.238 e. The Hall–Kier alpha value is -6.65. The Morgan fingerprint density at radius 3 is 1.56 bits per heavy atom. The van der Waals surface area contributed by atoms with Crippen LogP contribution < -0.4 is 0 Å². The van der Waals surface area contributed by atoms with E-state index in [-0.39, 0.29) is 0 Å². The topological polar surface area (TPSA) is 43.6 Å². The molecule has 52 heavy (non-hydrogen) atoms. The fourth-order valence-corrected chi connectivity index (χ4v) is 8.26. The molecule has 0 unspecified atom stereocenters. The average Bonchev–Trinajstić information content (AvgIpc) is 3.69. The molecule has 4 heteroatoms. The molecule has 0 saturated carbocycles. The molecule has 0 aliphatic heterocycles. The predicted molar refractivity (Wildman–Crippen MR) is 212 cm³/mol. The Labute approximate surface area is 302 Å². The van der Waals surface area contributed by atoms with Crippen LogP contribution in [-0.2, 0) is 5.41 Å². The van der Waals surface area contributed by atoms with Gasteiger partial charge in [-0.2, -0.15) is 9.97 Å². The van der Waals surface area contributed by atoms with Gasteiger partial charge in [-0.3, -0.25) is 4.57 Å².